The number of nitrogens with zero attached hydrogens (tertiary/aromatic N) is 1. The molecule has 0 saturated carbocycles. The van der Waals surface area contributed by atoms with Crippen molar-refractivity contribution in [3.8, 4) is 11.1 Å². The molecule has 0 aromatic heterocycles. The monoisotopic (exact) mass is 492 g/mol. The Morgan fingerprint density at radius 3 is 1.81 bits per heavy atom. The summed E-state index contributed by atoms with van der Waals surface area (Å²) in [6.07, 6.45) is -0.697. The van der Waals surface area contributed by atoms with E-state index < -0.39 is 18.0 Å². The predicted octanol–water partition coefficient (Wildman–Crippen LogP) is 6.29. The Hall–Kier alpha value is -5.24. The Morgan fingerprint density at radius 1 is 0.649 bits per heavy atom. The molecule has 0 spiro atoms. The number of hydrogen-bond acceptors (Lipinski definition) is 5. The quantitative estimate of drug-likeness (QED) is 0.167. The molecule has 0 radical (unpaired) electrons. The Kier molecular flexibility index (Phi) is 8.03. The number of hydrogen-bond donors (Lipinski definition) is 3. The fourth-order valence-corrected chi connectivity index (χ4v) is 3.45. The molecule has 0 saturated heterocycles. The van der Waals surface area contributed by atoms with E-state index in [9.17, 15) is 14.4 Å². The lowest BCUT2D eigenvalue weighted by Gasteiger charge is -2.09. The molecule has 4 rings (SSSR count). The summed E-state index contributed by atoms with van der Waals surface area (Å²) >= 11 is 0. The molecule has 0 unspecified atom stereocenters. The zero-order valence-corrected chi connectivity index (χ0v) is 20.0. The normalized spacial score (nSPS) is 10.8. The van der Waals surface area contributed by atoms with Crippen LogP contribution in [-0.2, 0) is 4.84 Å². The van der Waals surface area contributed by atoms with Crippen molar-refractivity contribution >= 4 is 35.1 Å². The molecule has 8 heteroatoms. The third kappa shape index (κ3) is 7.12. The third-order valence-electron chi connectivity index (χ3n) is 5.28. The lowest BCUT2D eigenvalue weighted by Crippen LogP contribution is -2.34. The van der Waals surface area contributed by atoms with Gasteiger partial charge in [-0.15, -0.1) is 0 Å². The molecule has 0 aliphatic carbocycles. The molecule has 0 aliphatic rings. The molecule has 4 amide bonds. The molecule has 0 bridgehead atoms. The molecule has 4 aromatic carbocycles. The van der Waals surface area contributed by atoms with Crippen molar-refractivity contribution in [1.82, 2.24) is 5.32 Å². The maximum atomic E-state index is 12.6. The van der Waals surface area contributed by atoms with Crippen LogP contribution in [0, 0.1) is 0 Å². The molecule has 37 heavy (non-hydrogen) atoms. The highest BCUT2D eigenvalue weighted by Gasteiger charge is 2.12. The van der Waals surface area contributed by atoms with Gasteiger partial charge in [0.2, 0.25) is 0 Å². The second-order valence-electron chi connectivity index (χ2n) is 7.98. The number of amides is 4. The van der Waals surface area contributed by atoms with Crippen LogP contribution in [0.5, 0.6) is 0 Å². The van der Waals surface area contributed by atoms with Crippen molar-refractivity contribution in [3.63, 3.8) is 0 Å². The van der Waals surface area contributed by atoms with Crippen LogP contribution >= 0.6 is 0 Å². The van der Waals surface area contributed by atoms with Crippen LogP contribution in [0.1, 0.15) is 22.8 Å². The van der Waals surface area contributed by atoms with Gasteiger partial charge in [0.15, 0.2) is 0 Å². The number of imide groups is 1. The molecular weight excluding hydrogens is 468 g/mol. The van der Waals surface area contributed by atoms with Crippen LogP contribution in [-0.4, -0.2) is 23.7 Å². The van der Waals surface area contributed by atoms with E-state index in [4.69, 9.17) is 4.84 Å². The zero-order chi connectivity index (χ0) is 26.0. The number of para-hydroxylation sites is 2. The van der Waals surface area contributed by atoms with Gasteiger partial charge in [0.05, 0.1) is 5.71 Å². The van der Waals surface area contributed by atoms with Crippen molar-refractivity contribution in [3.05, 3.63) is 120 Å². The highest BCUT2D eigenvalue weighted by Crippen LogP contribution is 2.22. The summed E-state index contributed by atoms with van der Waals surface area (Å²) in [6.45, 7) is 1.73. The second kappa shape index (κ2) is 11.9. The van der Waals surface area contributed by atoms with Gasteiger partial charge in [-0.1, -0.05) is 71.9 Å². The van der Waals surface area contributed by atoms with Gasteiger partial charge >= 0.3 is 12.1 Å². The largest absolute Gasteiger partial charge is 0.437 e. The lowest BCUT2D eigenvalue weighted by atomic mass is 9.99. The smallest absolute Gasteiger partial charge is 0.308 e. The van der Waals surface area contributed by atoms with Crippen molar-refractivity contribution in [2.45, 2.75) is 6.92 Å². The highest BCUT2D eigenvalue weighted by molar-refractivity contribution is 6.08. The predicted molar refractivity (Wildman–Crippen MR) is 144 cm³/mol. The van der Waals surface area contributed by atoms with Gasteiger partial charge in [-0.3, -0.25) is 20.3 Å². The molecule has 3 N–H and O–H groups in total. The van der Waals surface area contributed by atoms with Crippen LogP contribution in [0.3, 0.4) is 0 Å². The van der Waals surface area contributed by atoms with E-state index >= 15 is 0 Å². The molecule has 0 heterocycles. The number of carbonyl (C=O) groups excluding carboxylic acids is 3. The summed E-state index contributed by atoms with van der Waals surface area (Å²) in [7, 11) is 0. The summed E-state index contributed by atoms with van der Waals surface area (Å²) in [5, 5.41) is 11.5. The minimum absolute atomic E-state index is 0.331. The topological polar surface area (TPSA) is 109 Å². The van der Waals surface area contributed by atoms with Crippen LogP contribution in [0.25, 0.3) is 11.1 Å². The molecule has 0 fully saturated rings. The average Bonchev–Trinajstić information content (AvgIpc) is 2.93. The van der Waals surface area contributed by atoms with E-state index in [0.29, 0.717) is 22.6 Å². The Balaban J connectivity index is 1.42. The summed E-state index contributed by atoms with van der Waals surface area (Å²) in [5.41, 5.74) is 4.34. The number of benzene rings is 4. The van der Waals surface area contributed by atoms with Gasteiger partial charge < -0.3 is 5.32 Å². The van der Waals surface area contributed by atoms with Crippen molar-refractivity contribution < 1.29 is 19.2 Å². The summed E-state index contributed by atoms with van der Waals surface area (Å²) in [5.74, 6) is -0.526. The molecule has 4 aromatic rings. The SMILES string of the molecule is C/C(=N\OC(=O)Nc1ccccc1)c1cccc(-c2cccc(C(=O)NC(=O)Nc3ccccc3)c2)c1. The van der Waals surface area contributed by atoms with Gasteiger partial charge in [0.1, 0.15) is 0 Å². The number of urea groups is 1. The standard InChI is InChI=1S/C29H24N4O4/c1-20(33-37-29(36)31-26-16-6-3-7-17-26)21-10-8-11-22(18-21)23-12-9-13-24(19-23)27(34)32-28(35)30-25-14-4-2-5-15-25/h2-19H,1H3,(H,31,36)(H2,30,32,34,35)/b33-20+. The Morgan fingerprint density at radius 2 is 1.19 bits per heavy atom. The van der Waals surface area contributed by atoms with Gasteiger partial charge in [-0.25, -0.2) is 9.59 Å². The minimum Gasteiger partial charge on any atom is -0.308 e. The zero-order valence-electron chi connectivity index (χ0n) is 20.0. The van der Waals surface area contributed by atoms with Crippen molar-refractivity contribution in [2.75, 3.05) is 10.6 Å². The average molecular weight is 493 g/mol. The second-order valence-corrected chi connectivity index (χ2v) is 7.98. The molecule has 0 aliphatic heterocycles. The number of rotatable bonds is 6. The first-order chi connectivity index (χ1) is 18.0. The van der Waals surface area contributed by atoms with Gasteiger partial charge in [0.25, 0.3) is 5.91 Å². The van der Waals surface area contributed by atoms with Crippen LogP contribution in [0.4, 0.5) is 21.0 Å². The summed E-state index contributed by atoms with van der Waals surface area (Å²) < 4.78 is 0. The van der Waals surface area contributed by atoms with Crippen LogP contribution in [0.15, 0.2) is 114 Å². The number of carbonyl (C=O) groups is 3. The Labute approximate surface area is 214 Å². The van der Waals surface area contributed by atoms with Crippen LogP contribution < -0.4 is 16.0 Å². The number of anilines is 2. The van der Waals surface area contributed by atoms with Gasteiger partial charge in [0, 0.05) is 16.9 Å². The van der Waals surface area contributed by atoms with E-state index in [2.05, 4.69) is 21.1 Å². The van der Waals surface area contributed by atoms with E-state index in [0.717, 1.165) is 16.7 Å². The fourth-order valence-electron chi connectivity index (χ4n) is 3.45. The van der Waals surface area contributed by atoms with Crippen molar-refractivity contribution in [2.24, 2.45) is 5.16 Å². The molecule has 0 atom stereocenters. The first-order valence-corrected chi connectivity index (χ1v) is 11.4. The van der Waals surface area contributed by atoms with Crippen molar-refractivity contribution in [1.29, 1.82) is 0 Å². The summed E-state index contributed by atoms with van der Waals surface area (Å²) in [6, 6.07) is 31.5. The van der Waals surface area contributed by atoms with Gasteiger partial charge in [-0.2, -0.15) is 0 Å². The maximum absolute atomic E-state index is 12.6. The Bertz CT molecular complexity index is 1440. The van der Waals surface area contributed by atoms with Crippen LogP contribution in [0.2, 0.25) is 0 Å². The minimum atomic E-state index is -0.697. The fraction of sp³-hybridized carbons (Fsp3) is 0.0345. The molecular formula is C29H24N4O4. The lowest BCUT2D eigenvalue weighted by molar-refractivity contribution is 0.0967. The summed E-state index contributed by atoms with van der Waals surface area (Å²) in [4.78, 5) is 41.8. The maximum Gasteiger partial charge on any atom is 0.437 e. The first-order valence-electron chi connectivity index (χ1n) is 11.4. The van der Waals surface area contributed by atoms with E-state index in [1.165, 1.54) is 0 Å². The number of oxime groups is 1. The van der Waals surface area contributed by atoms with E-state index in [-0.39, 0.29) is 0 Å². The van der Waals surface area contributed by atoms with E-state index in [1.54, 1.807) is 73.7 Å². The highest BCUT2D eigenvalue weighted by atomic mass is 16.7. The number of nitrogens with one attached hydrogen (secondary N) is 3. The van der Waals surface area contributed by atoms with Gasteiger partial charge in [-0.05, 0) is 66.1 Å². The van der Waals surface area contributed by atoms with E-state index in [1.807, 2.05) is 42.5 Å². The molecule has 8 nitrogen and oxygen atoms in total. The third-order valence-corrected chi connectivity index (χ3v) is 5.28. The molecule has 184 valence electrons. The first kappa shape index (κ1) is 24.9.